The average Bonchev–Trinajstić information content (AvgIpc) is 2.17. The molecule has 10 heavy (non-hydrogen) atoms. The maximum atomic E-state index is 9.21. The predicted octanol–water partition coefficient (Wildman–Crippen LogP) is -1.13. The standard InChI is InChI=1S/C6H11BO3/c1-3-4(2-8)10-6(7)5(3)9/h3-6,8-9H,2H2,1H3. The van der Waals surface area contributed by atoms with Crippen molar-refractivity contribution in [3.63, 3.8) is 0 Å². The first-order valence-corrected chi connectivity index (χ1v) is 3.36. The zero-order valence-corrected chi connectivity index (χ0v) is 5.90. The average molecular weight is 142 g/mol. The highest BCUT2D eigenvalue weighted by Crippen LogP contribution is 2.24. The molecule has 0 bridgehead atoms. The van der Waals surface area contributed by atoms with Crippen molar-refractivity contribution in [1.82, 2.24) is 0 Å². The fourth-order valence-corrected chi connectivity index (χ4v) is 1.13. The summed E-state index contributed by atoms with van der Waals surface area (Å²) in [7, 11) is 5.35. The molecule has 3 nitrogen and oxygen atoms in total. The Balaban J connectivity index is 2.53. The van der Waals surface area contributed by atoms with Gasteiger partial charge in [0, 0.05) is 11.9 Å². The Bertz CT molecular complexity index is 120. The molecule has 1 heterocycles. The summed E-state index contributed by atoms with van der Waals surface area (Å²) in [6.45, 7) is 1.73. The lowest BCUT2D eigenvalue weighted by Gasteiger charge is -2.11. The van der Waals surface area contributed by atoms with E-state index in [1.54, 1.807) is 6.92 Å². The van der Waals surface area contributed by atoms with Gasteiger partial charge in [0.1, 0.15) is 7.85 Å². The van der Waals surface area contributed by atoms with E-state index < -0.39 is 12.1 Å². The van der Waals surface area contributed by atoms with Crippen LogP contribution in [0.2, 0.25) is 0 Å². The van der Waals surface area contributed by atoms with E-state index in [1.165, 1.54) is 0 Å². The van der Waals surface area contributed by atoms with E-state index in [1.807, 2.05) is 0 Å². The summed E-state index contributed by atoms with van der Waals surface area (Å²) in [4.78, 5) is 0. The fourth-order valence-electron chi connectivity index (χ4n) is 1.13. The summed E-state index contributed by atoms with van der Waals surface area (Å²) in [5, 5.41) is 17.9. The Morgan fingerprint density at radius 2 is 2.20 bits per heavy atom. The smallest absolute Gasteiger partial charge is 0.112 e. The van der Waals surface area contributed by atoms with E-state index in [-0.39, 0.29) is 18.6 Å². The summed E-state index contributed by atoms with van der Waals surface area (Å²) in [6.07, 6.45) is -0.942. The van der Waals surface area contributed by atoms with Crippen LogP contribution in [0.1, 0.15) is 6.92 Å². The lowest BCUT2D eigenvalue weighted by molar-refractivity contribution is 0.0253. The van der Waals surface area contributed by atoms with Gasteiger partial charge in [-0.15, -0.1) is 0 Å². The van der Waals surface area contributed by atoms with E-state index in [4.69, 9.17) is 17.7 Å². The van der Waals surface area contributed by atoms with Crippen molar-refractivity contribution >= 4 is 7.85 Å². The Kier molecular flexibility index (Phi) is 2.34. The van der Waals surface area contributed by atoms with Gasteiger partial charge < -0.3 is 14.9 Å². The molecule has 56 valence electrons. The molecular formula is C6H11BO3. The van der Waals surface area contributed by atoms with Crippen LogP contribution < -0.4 is 0 Å². The topological polar surface area (TPSA) is 49.7 Å². The number of ether oxygens (including phenoxy) is 1. The van der Waals surface area contributed by atoms with Crippen molar-refractivity contribution in [3.8, 4) is 0 Å². The van der Waals surface area contributed by atoms with Crippen molar-refractivity contribution in [2.45, 2.75) is 25.1 Å². The molecule has 2 N–H and O–H groups in total. The molecule has 2 radical (unpaired) electrons. The lowest BCUT2D eigenvalue weighted by atomic mass is 9.89. The summed E-state index contributed by atoms with van der Waals surface area (Å²) in [5.41, 5.74) is 0. The quantitative estimate of drug-likeness (QED) is 0.455. The van der Waals surface area contributed by atoms with Crippen LogP contribution >= 0.6 is 0 Å². The minimum Gasteiger partial charge on any atom is -0.394 e. The van der Waals surface area contributed by atoms with Gasteiger partial charge in [-0.2, -0.15) is 0 Å². The lowest BCUT2D eigenvalue weighted by Crippen LogP contribution is -2.26. The third-order valence-corrected chi connectivity index (χ3v) is 1.97. The molecule has 0 spiro atoms. The molecular weight excluding hydrogens is 131 g/mol. The van der Waals surface area contributed by atoms with Crippen molar-refractivity contribution < 1.29 is 14.9 Å². The third-order valence-electron chi connectivity index (χ3n) is 1.97. The number of aliphatic hydroxyl groups excluding tert-OH is 2. The third kappa shape index (κ3) is 1.19. The number of hydrogen-bond acceptors (Lipinski definition) is 3. The first kappa shape index (κ1) is 8.05. The summed E-state index contributed by atoms with van der Waals surface area (Å²) in [5.74, 6) is -0.0694. The van der Waals surface area contributed by atoms with E-state index in [2.05, 4.69) is 0 Å². The van der Waals surface area contributed by atoms with E-state index in [0.717, 1.165) is 0 Å². The maximum absolute atomic E-state index is 9.21. The van der Waals surface area contributed by atoms with Gasteiger partial charge in [-0.3, -0.25) is 0 Å². The predicted molar refractivity (Wildman–Crippen MR) is 36.7 cm³/mol. The minimum atomic E-state index is -0.642. The molecule has 1 rings (SSSR count). The van der Waals surface area contributed by atoms with Gasteiger partial charge >= 0.3 is 0 Å². The normalized spacial score (nSPS) is 47.9. The van der Waals surface area contributed by atoms with Crippen molar-refractivity contribution in [2.75, 3.05) is 6.61 Å². The van der Waals surface area contributed by atoms with Crippen LogP contribution in [0.5, 0.6) is 0 Å². The molecule has 1 aliphatic heterocycles. The molecule has 4 atom stereocenters. The summed E-state index contributed by atoms with van der Waals surface area (Å²) in [6, 6.07) is -0.632. The number of rotatable bonds is 1. The Hall–Kier alpha value is -0.0551. The highest BCUT2D eigenvalue weighted by Gasteiger charge is 2.36. The summed E-state index contributed by atoms with van der Waals surface area (Å²) >= 11 is 0. The molecule has 0 amide bonds. The van der Waals surface area contributed by atoms with Crippen molar-refractivity contribution in [2.24, 2.45) is 5.92 Å². The van der Waals surface area contributed by atoms with Gasteiger partial charge in [-0.05, 0) is 0 Å². The Labute approximate surface area is 61.4 Å². The van der Waals surface area contributed by atoms with Crippen molar-refractivity contribution in [3.05, 3.63) is 0 Å². The van der Waals surface area contributed by atoms with Crippen molar-refractivity contribution in [1.29, 1.82) is 0 Å². The second-order valence-electron chi connectivity index (χ2n) is 2.67. The molecule has 0 aliphatic carbocycles. The van der Waals surface area contributed by atoms with Crippen LogP contribution in [0.4, 0.5) is 0 Å². The van der Waals surface area contributed by atoms with E-state index >= 15 is 0 Å². The van der Waals surface area contributed by atoms with Crippen LogP contribution in [0.3, 0.4) is 0 Å². The molecule has 1 fully saturated rings. The fraction of sp³-hybridized carbons (Fsp3) is 1.00. The molecule has 1 aliphatic rings. The largest absolute Gasteiger partial charge is 0.394 e. The second-order valence-corrected chi connectivity index (χ2v) is 2.67. The monoisotopic (exact) mass is 142 g/mol. The zero-order valence-electron chi connectivity index (χ0n) is 5.90. The summed E-state index contributed by atoms with van der Waals surface area (Å²) < 4.78 is 5.01. The molecule has 0 aromatic carbocycles. The van der Waals surface area contributed by atoms with Crippen LogP contribution in [0.15, 0.2) is 0 Å². The van der Waals surface area contributed by atoms with Crippen LogP contribution in [-0.2, 0) is 4.74 Å². The second kappa shape index (κ2) is 2.90. The van der Waals surface area contributed by atoms with Gasteiger partial charge in [0.25, 0.3) is 0 Å². The van der Waals surface area contributed by atoms with Gasteiger partial charge in [-0.25, -0.2) is 0 Å². The molecule has 0 saturated carbocycles. The maximum Gasteiger partial charge on any atom is 0.112 e. The molecule has 0 aromatic heterocycles. The highest BCUT2D eigenvalue weighted by atomic mass is 16.5. The van der Waals surface area contributed by atoms with Gasteiger partial charge in [-0.1, -0.05) is 6.92 Å². The van der Waals surface area contributed by atoms with E-state index in [0.29, 0.717) is 0 Å². The SMILES string of the molecule is [B]C1OC(CO)C(C)C1O. The van der Waals surface area contributed by atoms with Crippen LogP contribution in [0, 0.1) is 5.92 Å². The van der Waals surface area contributed by atoms with Gasteiger partial charge in [0.05, 0.1) is 18.8 Å². The molecule has 1 saturated heterocycles. The van der Waals surface area contributed by atoms with Gasteiger partial charge in [0.2, 0.25) is 0 Å². The van der Waals surface area contributed by atoms with E-state index in [9.17, 15) is 5.11 Å². The van der Waals surface area contributed by atoms with Crippen LogP contribution in [0.25, 0.3) is 0 Å². The van der Waals surface area contributed by atoms with Gasteiger partial charge in [0.15, 0.2) is 0 Å². The first-order valence-electron chi connectivity index (χ1n) is 3.36. The Morgan fingerprint density at radius 3 is 2.40 bits per heavy atom. The van der Waals surface area contributed by atoms with Crippen LogP contribution in [-0.4, -0.2) is 42.9 Å². The molecule has 4 heteroatoms. The minimum absolute atomic E-state index is 0.0694. The molecule has 0 aromatic rings. The number of hydrogen-bond donors (Lipinski definition) is 2. The molecule has 4 unspecified atom stereocenters. The highest BCUT2D eigenvalue weighted by molar-refractivity contribution is 6.11. The zero-order chi connectivity index (χ0) is 7.72. The number of aliphatic hydroxyl groups is 2. The Morgan fingerprint density at radius 1 is 1.60 bits per heavy atom. The first-order chi connectivity index (χ1) is 4.66.